The number of nitrogens with zero attached hydrogens (tertiary/aromatic N) is 4. The predicted octanol–water partition coefficient (Wildman–Crippen LogP) is 5.05. The zero-order valence-corrected chi connectivity index (χ0v) is 19.4. The molecule has 164 valence electrons. The van der Waals surface area contributed by atoms with Crippen LogP contribution in [0.15, 0.2) is 65.8 Å². The third-order valence-electron chi connectivity index (χ3n) is 4.94. The molecule has 0 saturated carbocycles. The Morgan fingerprint density at radius 1 is 1.03 bits per heavy atom. The summed E-state index contributed by atoms with van der Waals surface area (Å²) in [4.78, 5) is 14.7. The Morgan fingerprint density at radius 2 is 1.68 bits per heavy atom. The van der Waals surface area contributed by atoms with Crippen LogP contribution in [0.1, 0.15) is 33.0 Å². The number of carbonyl (C=O) groups is 1. The number of benzene rings is 2. The fourth-order valence-corrected chi connectivity index (χ4v) is 4.04. The Hall–Kier alpha value is -2.80. The van der Waals surface area contributed by atoms with Crippen LogP contribution in [0.25, 0.3) is 0 Å². The van der Waals surface area contributed by atoms with Crippen molar-refractivity contribution in [1.29, 1.82) is 0 Å². The molecule has 3 aromatic rings. The lowest BCUT2D eigenvalue weighted by Gasteiger charge is -2.21. The highest BCUT2D eigenvalue weighted by Crippen LogP contribution is 2.26. The van der Waals surface area contributed by atoms with Crippen molar-refractivity contribution in [2.45, 2.75) is 50.8 Å². The molecule has 0 aliphatic carbocycles. The second-order valence-corrected chi connectivity index (χ2v) is 9.14. The van der Waals surface area contributed by atoms with Crippen molar-refractivity contribution in [3.63, 3.8) is 0 Å². The van der Waals surface area contributed by atoms with Gasteiger partial charge in [0.1, 0.15) is 12.4 Å². The van der Waals surface area contributed by atoms with E-state index in [1.807, 2.05) is 67.6 Å². The van der Waals surface area contributed by atoms with Crippen molar-refractivity contribution < 1.29 is 9.53 Å². The molecule has 1 amide bonds. The van der Waals surface area contributed by atoms with Crippen LogP contribution in [0, 0.1) is 5.92 Å². The van der Waals surface area contributed by atoms with E-state index in [1.165, 1.54) is 11.8 Å². The molecule has 6 nitrogen and oxygen atoms in total. The average molecular weight is 439 g/mol. The number of thioether (sulfide) groups is 1. The summed E-state index contributed by atoms with van der Waals surface area (Å²) in [6.45, 7) is 7.42. The summed E-state index contributed by atoms with van der Waals surface area (Å²) in [7, 11) is 1.80. The molecular weight excluding hydrogens is 408 g/mol. The Kier molecular flexibility index (Phi) is 8.12. The zero-order valence-electron chi connectivity index (χ0n) is 18.6. The first kappa shape index (κ1) is 22.9. The van der Waals surface area contributed by atoms with Crippen molar-refractivity contribution in [2.75, 3.05) is 11.9 Å². The van der Waals surface area contributed by atoms with Gasteiger partial charge < -0.3 is 14.2 Å². The molecule has 0 fully saturated rings. The molecule has 0 spiro atoms. The molecule has 1 unspecified atom stereocenters. The number of aromatic nitrogens is 3. The summed E-state index contributed by atoms with van der Waals surface area (Å²) in [6.07, 6.45) is 0.996. The topological polar surface area (TPSA) is 60.2 Å². The molecule has 0 N–H and O–H groups in total. The minimum atomic E-state index is -0.296. The van der Waals surface area contributed by atoms with Gasteiger partial charge in [-0.3, -0.25) is 4.79 Å². The maximum atomic E-state index is 13.0. The Bertz CT molecular complexity index is 960. The number of hydrogen-bond donors (Lipinski definition) is 0. The van der Waals surface area contributed by atoms with Crippen LogP contribution < -0.4 is 9.64 Å². The predicted molar refractivity (Wildman–Crippen MR) is 125 cm³/mol. The van der Waals surface area contributed by atoms with E-state index in [0.29, 0.717) is 12.5 Å². The van der Waals surface area contributed by atoms with Gasteiger partial charge in [0.05, 0.1) is 5.25 Å². The Balaban J connectivity index is 1.72. The van der Waals surface area contributed by atoms with Gasteiger partial charge in [0.15, 0.2) is 11.0 Å². The largest absolute Gasteiger partial charge is 0.486 e. The van der Waals surface area contributed by atoms with Crippen LogP contribution in [0.3, 0.4) is 0 Å². The number of ether oxygens (including phenoxy) is 1. The lowest BCUT2D eigenvalue weighted by Crippen LogP contribution is -2.33. The Morgan fingerprint density at radius 3 is 2.32 bits per heavy atom. The summed E-state index contributed by atoms with van der Waals surface area (Å²) in [6, 6.07) is 19.3. The van der Waals surface area contributed by atoms with Gasteiger partial charge in [0.25, 0.3) is 0 Å². The maximum Gasteiger partial charge on any atom is 0.240 e. The SMILES string of the molecule is CC(C)CCn1c(COc2ccccc2)nnc1SC(C)C(=O)N(C)c1ccccc1. The lowest BCUT2D eigenvalue weighted by molar-refractivity contribution is -0.117. The van der Waals surface area contributed by atoms with E-state index < -0.39 is 0 Å². The molecule has 2 aromatic carbocycles. The van der Waals surface area contributed by atoms with Crippen molar-refractivity contribution >= 4 is 23.4 Å². The van der Waals surface area contributed by atoms with Crippen LogP contribution in [-0.4, -0.2) is 33.0 Å². The molecule has 0 bridgehead atoms. The number of para-hydroxylation sites is 2. The van der Waals surface area contributed by atoms with E-state index >= 15 is 0 Å². The molecule has 31 heavy (non-hydrogen) atoms. The van der Waals surface area contributed by atoms with Gasteiger partial charge in [-0.2, -0.15) is 0 Å². The number of amides is 1. The van der Waals surface area contributed by atoms with Crippen molar-refractivity contribution in [3.05, 3.63) is 66.5 Å². The fourth-order valence-electron chi connectivity index (χ4n) is 3.05. The third-order valence-corrected chi connectivity index (χ3v) is 6.01. The summed E-state index contributed by atoms with van der Waals surface area (Å²) in [5.74, 6) is 2.13. The van der Waals surface area contributed by atoms with Crippen molar-refractivity contribution in [2.24, 2.45) is 5.92 Å². The number of rotatable bonds is 10. The number of hydrogen-bond acceptors (Lipinski definition) is 5. The van der Waals surface area contributed by atoms with Gasteiger partial charge >= 0.3 is 0 Å². The van der Waals surface area contributed by atoms with E-state index in [1.54, 1.807) is 11.9 Å². The van der Waals surface area contributed by atoms with Gasteiger partial charge in [-0.25, -0.2) is 0 Å². The molecule has 3 rings (SSSR count). The monoisotopic (exact) mass is 438 g/mol. The first-order valence-electron chi connectivity index (χ1n) is 10.5. The summed E-state index contributed by atoms with van der Waals surface area (Å²) >= 11 is 1.44. The molecular formula is C24H30N4O2S. The van der Waals surface area contributed by atoms with E-state index in [0.717, 1.165) is 35.4 Å². The molecule has 0 radical (unpaired) electrons. The Labute approximate surface area is 188 Å². The molecule has 0 aliphatic heterocycles. The number of carbonyl (C=O) groups excluding carboxylic acids is 1. The van der Waals surface area contributed by atoms with E-state index in [4.69, 9.17) is 4.74 Å². The number of anilines is 1. The molecule has 1 aromatic heterocycles. The van der Waals surface area contributed by atoms with Crippen LogP contribution in [-0.2, 0) is 17.9 Å². The van der Waals surface area contributed by atoms with Gasteiger partial charge in [-0.1, -0.05) is 62.0 Å². The third kappa shape index (κ3) is 6.34. The van der Waals surface area contributed by atoms with Crippen molar-refractivity contribution in [1.82, 2.24) is 14.8 Å². The quantitative estimate of drug-likeness (QED) is 0.415. The molecule has 1 heterocycles. The van der Waals surface area contributed by atoms with Gasteiger partial charge in [-0.05, 0) is 43.5 Å². The van der Waals surface area contributed by atoms with Crippen LogP contribution in [0.2, 0.25) is 0 Å². The second kappa shape index (κ2) is 11.0. The second-order valence-electron chi connectivity index (χ2n) is 7.83. The van der Waals surface area contributed by atoms with Crippen LogP contribution >= 0.6 is 11.8 Å². The highest BCUT2D eigenvalue weighted by Gasteiger charge is 2.23. The van der Waals surface area contributed by atoms with Crippen molar-refractivity contribution in [3.8, 4) is 5.75 Å². The standard InChI is InChI=1S/C24H30N4O2S/c1-18(2)15-16-28-22(17-30-21-13-9-6-10-14-21)25-26-24(28)31-19(3)23(29)27(4)20-11-7-5-8-12-20/h5-14,18-19H,15-17H2,1-4H3. The van der Waals surface area contributed by atoms with Gasteiger partial charge in [0.2, 0.25) is 5.91 Å². The van der Waals surface area contributed by atoms with Crippen LogP contribution in [0.4, 0.5) is 5.69 Å². The highest BCUT2D eigenvalue weighted by atomic mass is 32.2. The molecule has 0 saturated heterocycles. The highest BCUT2D eigenvalue weighted by molar-refractivity contribution is 8.00. The first-order valence-corrected chi connectivity index (χ1v) is 11.4. The fraction of sp³-hybridized carbons (Fsp3) is 0.375. The van der Waals surface area contributed by atoms with E-state index in [-0.39, 0.29) is 11.2 Å². The molecule has 7 heteroatoms. The summed E-state index contributed by atoms with van der Waals surface area (Å²) in [5.41, 5.74) is 0.873. The summed E-state index contributed by atoms with van der Waals surface area (Å²) in [5, 5.41) is 9.20. The van der Waals surface area contributed by atoms with E-state index in [9.17, 15) is 4.79 Å². The average Bonchev–Trinajstić information content (AvgIpc) is 3.17. The molecule has 0 aliphatic rings. The summed E-state index contributed by atoms with van der Waals surface area (Å²) < 4.78 is 7.98. The van der Waals surface area contributed by atoms with Gasteiger partial charge in [-0.15, -0.1) is 10.2 Å². The molecule has 1 atom stereocenters. The smallest absolute Gasteiger partial charge is 0.240 e. The minimum Gasteiger partial charge on any atom is -0.486 e. The maximum absolute atomic E-state index is 13.0. The zero-order chi connectivity index (χ0) is 22.2. The first-order chi connectivity index (χ1) is 15.0. The van der Waals surface area contributed by atoms with E-state index in [2.05, 4.69) is 28.6 Å². The van der Waals surface area contributed by atoms with Gasteiger partial charge in [0, 0.05) is 19.3 Å². The normalized spacial score (nSPS) is 12.0. The minimum absolute atomic E-state index is 0.0247. The van der Waals surface area contributed by atoms with Crippen LogP contribution in [0.5, 0.6) is 5.75 Å². The lowest BCUT2D eigenvalue weighted by atomic mass is 10.1.